The number of hydrogen-bond donors (Lipinski definition) is 2. The maximum atomic E-state index is 6.09. The molecule has 0 bridgehead atoms. The van der Waals surface area contributed by atoms with Crippen molar-refractivity contribution < 1.29 is 9.26 Å². The molecule has 7 heteroatoms. The van der Waals surface area contributed by atoms with Gasteiger partial charge in [-0.25, -0.2) is 0 Å². The zero-order valence-electron chi connectivity index (χ0n) is 11.5. The average Bonchev–Trinajstić information content (AvgIpc) is 3.04. The van der Waals surface area contributed by atoms with Gasteiger partial charge in [0.15, 0.2) is 11.6 Å². The number of halogens is 1. The first-order chi connectivity index (χ1) is 10.1. The SMILES string of the molecule is COc1ccc(Cl)cc1-c1c(N)noc1-c1cn[nH]c1C. The van der Waals surface area contributed by atoms with Gasteiger partial charge >= 0.3 is 0 Å². The standard InChI is InChI=1S/C14H13ClN4O2/c1-7-10(6-17-18-7)13-12(14(16)19-21-13)9-5-8(15)3-4-11(9)20-2/h3-6H,1-2H3,(H2,16,19)(H,17,18). The second kappa shape index (κ2) is 5.14. The number of nitrogen functional groups attached to an aromatic ring is 1. The summed E-state index contributed by atoms with van der Waals surface area (Å²) in [6, 6.07) is 5.29. The molecule has 3 aromatic rings. The number of H-pyrrole nitrogens is 1. The van der Waals surface area contributed by atoms with Gasteiger partial charge in [0.25, 0.3) is 0 Å². The molecule has 0 spiro atoms. The highest BCUT2D eigenvalue weighted by atomic mass is 35.5. The van der Waals surface area contributed by atoms with Crippen LogP contribution < -0.4 is 10.5 Å². The Kier molecular flexibility index (Phi) is 3.31. The molecular weight excluding hydrogens is 292 g/mol. The number of anilines is 1. The van der Waals surface area contributed by atoms with Crippen molar-refractivity contribution in [1.29, 1.82) is 0 Å². The largest absolute Gasteiger partial charge is 0.496 e. The summed E-state index contributed by atoms with van der Waals surface area (Å²) < 4.78 is 10.8. The van der Waals surface area contributed by atoms with E-state index in [1.807, 2.05) is 6.92 Å². The van der Waals surface area contributed by atoms with Gasteiger partial charge in [-0.2, -0.15) is 5.10 Å². The van der Waals surface area contributed by atoms with E-state index in [1.165, 1.54) is 0 Å². The van der Waals surface area contributed by atoms with Gasteiger partial charge in [0.1, 0.15) is 5.75 Å². The number of nitrogens with two attached hydrogens (primary N) is 1. The van der Waals surface area contributed by atoms with E-state index >= 15 is 0 Å². The molecule has 0 fully saturated rings. The molecule has 2 aromatic heterocycles. The number of ether oxygens (including phenoxy) is 1. The van der Waals surface area contributed by atoms with Crippen molar-refractivity contribution in [3.63, 3.8) is 0 Å². The van der Waals surface area contributed by atoms with Crippen LogP contribution in [0, 0.1) is 6.92 Å². The first-order valence-corrected chi connectivity index (χ1v) is 6.59. The molecular formula is C14H13ClN4O2. The third-order valence-corrected chi connectivity index (χ3v) is 3.46. The van der Waals surface area contributed by atoms with Gasteiger partial charge in [-0.05, 0) is 25.1 Å². The molecule has 0 unspecified atom stereocenters. The summed E-state index contributed by atoms with van der Waals surface area (Å²) in [7, 11) is 1.58. The number of nitrogens with zero attached hydrogens (tertiary/aromatic N) is 2. The summed E-state index contributed by atoms with van der Waals surface area (Å²) in [6.45, 7) is 1.89. The lowest BCUT2D eigenvalue weighted by atomic mass is 10.0. The molecule has 0 aliphatic rings. The lowest BCUT2D eigenvalue weighted by molar-refractivity contribution is 0.416. The van der Waals surface area contributed by atoms with Crippen LogP contribution in [0.3, 0.4) is 0 Å². The molecule has 0 aliphatic heterocycles. The van der Waals surface area contributed by atoms with Gasteiger partial charge in [-0.15, -0.1) is 0 Å². The van der Waals surface area contributed by atoms with Crippen LogP contribution in [0.1, 0.15) is 5.69 Å². The maximum Gasteiger partial charge on any atom is 0.180 e. The fraction of sp³-hybridized carbons (Fsp3) is 0.143. The Balaban J connectivity index is 2.27. The van der Waals surface area contributed by atoms with Gasteiger partial charge in [0.05, 0.1) is 24.4 Å². The summed E-state index contributed by atoms with van der Waals surface area (Å²) >= 11 is 6.09. The fourth-order valence-electron chi connectivity index (χ4n) is 2.20. The van der Waals surface area contributed by atoms with Gasteiger partial charge in [-0.3, -0.25) is 5.10 Å². The van der Waals surface area contributed by atoms with Gasteiger partial charge < -0.3 is 15.0 Å². The van der Waals surface area contributed by atoms with Crippen LogP contribution in [0.15, 0.2) is 28.9 Å². The average molecular weight is 305 g/mol. The van der Waals surface area contributed by atoms with Crippen LogP contribution in [0.2, 0.25) is 5.02 Å². The van der Waals surface area contributed by atoms with Crippen molar-refractivity contribution in [3.8, 4) is 28.2 Å². The van der Waals surface area contributed by atoms with E-state index < -0.39 is 0 Å². The third kappa shape index (κ3) is 2.23. The molecule has 0 atom stereocenters. The molecule has 3 rings (SSSR count). The van der Waals surface area contributed by atoms with E-state index in [1.54, 1.807) is 31.5 Å². The fourth-order valence-corrected chi connectivity index (χ4v) is 2.37. The Hall–Kier alpha value is -2.47. The van der Waals surface area contributed by atoms with Crippen LogP contribution in [-0.2, 0) is 0 Å². The lowest BCUT2D eigenvalue weighted by Gasteiger charge is -2.09. The predicted octanol–water partition coefficient (Wildman–Crippen LogP) is 3.28. The number of benzene rings is 1. The van der Waals surface area contributed by atoms with Gasteiger partial charge in [-0.1, -0.05) is 16.8 Å². The molecule has 1 aromatic carbocycles. The van der Waals surface area contributed by atoms with Crippen molar-refractivity contribution >= 4 is 17.4 Å². The topological polar surface area (TPSA) is 90.0 Å². The zero-order valence-corrected chi connectivity index (χ0v) is 12.2. The maximum absolute atomic E-state index is 6.09. The number of nitrogens with one attached hydrogen (secondary N) is 1. The van der Waals surface area contributed by atoms with E-state index in [-0.39, 0.29) is 5.82 Å². The minimum Gasteiger partial charge on any atom is -0.496 e. The highest BCUT2D eigenvalue weighted by Gasteiger charge is 2.23. The molecule has 2 heterocycles. The summed E-state index contributed by atoms with van der Waals surface area (Å²) in [5, 5.41) is 11.3. The monoisotopic (exact) mass is 304 g/mol. The van der Waals surface area contributed by atoms with E-state index in [2.05, 4.69) is 15.4 Å². The molecule has 6 nitrogen and oxygen atoms in total. The first kappa shape index (κ1) is 13.5. The molecule has 21 heavy (non-hydrogen) atoms. The van der Waals surface area contributed by atoms with Crippen LogP contribution in [-0.4, -0.2) is 22.5 Å². The van der Waals surface area contributed by atoms with Crippen LogP contribution in [0.4, 0.5) is 5.82 Å². The third-order valence-electron chi connectivity index (χ3n) is 3.22. The Morgan fingerprint density at radius 3 is 2.81 bits per heavy atom. The second-order valence-corrected chi connectivity index (χ2v) is 4.96. The number of aryl methyl sites for hydroxylation is 1. The minimum atomic E-state index is 0.270. The molecule has 0 amide bonds. The minimum absolute atomic E-state index is 0.270. The van der Waals surface area contributed by atoms with Gasteiger partial charge in [0, 0.05) is 16.3 Å². The number of hydrogen-bond acceptors (Lipinski definition) is 5. The van der Waals surface area contributed by atoms with Crippen molar-refractivity contribution in [3.05, 3.63) is 35.1 Å². The molecule has 0 aliphatic carbocycles. The molecule has 0 radical (unpaired) electrons. The number of rotatable bonds is 3. The lowest BCUT2D eigenvalue weighted by Crippen LogP contribution is -1.93. The first-order valence-electron chi connectivity index (χ1n) is 6.21. The van der Waals surface area contributed by atoms with Crippen LogP contribution in [0.5, 0.6) is 5.75 Å². The van der Waals surface area contributed by atoms with Crippen molar-refractivity contribution in [2.24, 2.45) is 0 Å². The Morgan fingerprint density at radius 2 is 2.14 bits per heavy atom. The predicted molar refractivity (Wildman–Crippen MR) is 80.2 cm³/mol. The smallest absolute Gasteiger partial charge is 0.180 e. The number of aromatic nitrogens is 3. The van der Waals surface area contributed by atoms with Crippen molar-refractivity contribution in [2.45, 2.75) is 6.92 Å². The molecule has 0 saturated heterocycles. The Labute approximate surface area is 125 Å². The second-order valence-electron chi connectivity index (χ2n) is 4.53. The summed E-state index contributed by atoms with van der Waals surface area (Å²) in [5.74, 6) is 1.43. The number of methoxy groups -OCH3 is 1. The highest BCUT2D eigenvalue weighted by Crippen LogP contribution is 2.42. The quantitative estimate of drug-likeness (QED) is 0.775. The summed E-state index contributed by atoms with van der Waals surface area (Å²) in [6.07, 6.45) is 1.66. The highest BCUT2D eigenvalue weighted by molar-refractivity contribution is 6.31. The zero-order chi connectivity index (χ0) is 15.0. The van der Waals surface area contributed by atoms with Gasteiger partial charge in [0.2, 0.25) is 0 Å². The van der Waals surface area contributed by atoms with E-state index in [4.69, 9.17) is 26.6 Å². The molecule has 108 valence electrons. The van der Waals surface area contributed by atoms with E-state index in [0.29, 0.717) is 22.1 Å². The summed E-state index contributed by atoms with van der Waals surface area (Å²) in [4.78, 5) is 0. The molecule has 0 saturated carbocycles. The normalized spacial score (nSPS) is 10.8. The number of aromatic amines is 1. The van der Waals surface area contributed by atoms with E-state index in [0.717, 1.165) is 16.8 Å². The Morgan fingerprint density at radius 1 is 1.33 bits per heavy atom. The van der Waals surface area contributed by atoms with E-state index in [9.17, 15) is 0 Å². The Bertz CT molecular complexity index is 794. The van der Waals surface area contributed by atoms with Crippen molar-refractivity contribution in [1.82, 2.24) is 15.4 Å². The summed E-state index contributed by atoms with van der Waals surface area (Å²) in [5.41, 5.74) is 8.97. The van der Waals surface area contributed by atoms with Crippen LogP contribution in [0.25, 0.3) is 22.5 Å². The molecule has 3 N–H and O–H groups in total. The van der Waals surface area contributed by atoms with Crippen LogP contribution >= 0.6 is 11.6 Å². The van der Waals surface area contributed by atoms with Crippen molar-refractivity contribution in [2.75, 3.05) is 12.8 Å².